The number of anilines is 1. The molecule has 0 aliphatic carbocycles. The second-order valence-corrected chi connectivity index (χ2v) is 5.71. The Morgan fingerprint density at radius 1 is 1.37 bits per heavy atom. The fourth-order valence-electron chi connectivity index (χ4n) is 1.66. The van der Waals surface area contributed by atoms with Crippen molar-refractivity contribution in [3.05, 3.63) is 47.0 Å². The van der Waals surface area contributed by atoms with E-state index in [0.29, 0.717) is 5.13 Å². The summed E-state index contributed by atoms with van der Waals surface area (Å²) in [5.41, 5.74) is 1.26. The maximum Gasteiger partial charge on any atom is 0.228 e. The van der Waals surface area contributed by atoms with Crippen LogP contribution in [0.1, 0.15) is 30.7 Å². The molecule has 1 amide bonds. The lowest BCUT2D eigenvalue weighted by molar-refractivity contribution is -0.119. The zero-order chi connectivity index (χ0) is 13.7. The lowest BCUT2D eigenvalue weighted by Gasteiger charge is -2.06. The van der Waals surface area contributed by atoms with E-state index < -0.39 is 0 Å². The number of carbonyl (C=O) groups is 1. The molecule has 0 bridgehead atoms. The van der Waals surface area contributed by atoms with Gasteiger partial charge in [-0.25, -0.2) is 4.98 Å². The van der Waals surface area contributed by atoms with Gasteiger partial charge in [-0.3, -0.25) is 4.79 Å². The number of nitrogens with one attached hydrogen (secondary N) is 1. The molecule has 0 aliphatic rings. The molecule has 1 aromatic heterocycles. The summed E-state index contributed by atoms with van der Waals surface area (Å²) in [5, 5.41) is 3.56. The predicted octanol–water partition coefficient (Wildman–Crippen LogP) is 3.72. The molecule has 0 fully saturated rings. The number of amides is 1. The average Bonchev–Trinajstić information content (AvgIpc) is 2.86. The fourth-order valence-corrected chi connectivity index (χ4v) is 2.51. The van der Waals surface area contributed by atoms with E-state index in [1.165, 1.54) is 5.56 Å². The van der Waals surface area contributed by atoms with Gasteiger partial charge in [0.2, 0.25) is 5.91 Å². The first kappa shape index (κ1) is 13.7. The van der Waals surface area contributed by atoms with Gasteiger partial charge < -0.3 is 5.32 Å². The highest BCUT2D eigenvalue weighted by atomic mass is 32.1. The summed E-state index contributed by atoms with van der Waals surface area (Å²) in [6, 6.07) is 10.3. The molecule has 0 spiro atoms. The summed E-state index contributed by atoms with van der Waals surface area (Å²) < 4.78 is 0. The third-order valence-corrected chi connectivity index (χ3v) is 3.98. The lowest BCUT2D eigenvalue weighted by Crippen LogP contribution is -2.19. The van der Waals surface area contributed by atoms with Crippen molar-refractivity contribution in [2.24, 2.45) is 5.92 Å². The molecule has 1 unspecified atom stereocenters. The van der Waals surface area contributed by atoms with Crippen molar-refractivity contribution in [3.63, 3.8) is 0 Å². The number of thiazole rings is 1. The average molecular weight is 274 g/mol. The maximum atomic E-state index is 11.8. The highest BCUT2D eigenvalue weighted by Gasteiger charge is 2.12. The van der Waals surface area contributed by atoms with E-state index >= 15 is 0 Å². The molecule has 19 heavy (non-hydrogen) atoms. The molecule has 0 saturated heterocycles. The molecular formula is C15H18N2OS. The number of hydrogen-bond acceptors (Lipinski definition) is 3. The Bertz CT molecular complexity index is 536. The Balaban J connectivity index is 1.98. The summed E-state index contributed by atoms with van der Waals surface area (Å²) in [6.07, 6.45) is 3.54. The van der Waals surface area contributed by atoms with E-state index in [9.17, 15) is 4.79 Å². The minimum absolute atomic E-state index is 0.0291. The molecule has 1 heterocycles. The molecule has 1 N–H and O–H groups in total. The van der Waals surface area contributed by atoms with Gasteiger partial charge in [-0.1, -0.05) is 44.2 Å². The summed E-state index contributed by atoms with van der Waals surface area (Å²) in [6.45, 7) is 3.93. The predicted molar refractivity (Wildman–Crippen MR) is 79.4 cm³/mol. The molecule has 4 heteroatoms. The molecule has 2 rings (SSSR count). The minimum Gasteiger partial charge on any atom is -0.302 e. The van der Waals surface area contributed by atoms with Crippen LogP contribution in [-0.2, 0) is 11.2 Å². The SMILES string of the molecule is CCC(C)C(=O)Nc1ncc(Cc2ccccc2)s1. The third-order valence-electron chi connectivity index (χ3n) is 3.06. The van der Waals surface area contributed by atoms with Crippen molar-refractivity contribution in [2.45, 2.75) is 26.7 Å². The van der Waals surface area contributed by atoms with Crippen LogP contribution in [0.15, 0.2) is 36.5 Å². The molecule has 100 valence electrons. The van der Waals surface area contributed by atoms with Crippen LogP contribution in [0.4, 0.5) is 5.13 Å². The zero-order valence-electron chi connectivity index (χ0n) is 11.2. The summed E-state index contributed by atoms with van der Waals surface area (Å²) in [7, 11) is 0. The van der Waals surface area contributed by atoms with Crippen molar-refractivity contribution >= 4 is 22.4 Å². The van der Waals surface area contributed by atoms with Crippen LogP contribution in [0.25, 0.3) is 0 Å². The number of aromatic nitrogens is 1. The van der Waals surface area contributed by atoms with Gasteiger partial charge in [-0.15, -0.1) is 11.3 Å². The van der Waals surface area contributed by atoms with E-state index in [1.54, 1.807) is 11.3 Å². The van der Waals surface area contributed by atoms with Gasteiger partial charge in [0, 0.05) is 23.4 Å². The summed E-state index contributed by atoms with van der Waals surface area (Å²) in [4.78, 5) is 17.2. The van der Waals surface area contributed by atoms with Gasteiger partial charge >= 0.3 is 0 Å². The number of carbonyl (C=O) groups excluding carboxylic acids is 1. The Morgan fingerprint density at radius 2 is 2.11 bits per heavy atom. The molecule has 1 aromatic carbocycles. The van der Waals surface area contributed by atoms with Crippen LogP contribution in [0.3, 0.4) is 0 Å². The van der Waals surface area contributed by atoms with Crippen LogP contribution < -0.4 is 5.32 Å². The number of benzene rings is 1. The number of rotatable bonds is 5. The van der Waals surface area contributed by atoms with Gasteiger partial charge in [-0.2, -0.15) is 0 Å². The summed E-state index contributed by atoms with van der Waals surface area (Å²) in [5.74, 6) is 0.0737. The van der Waals surface area contributed by atoms with E-state index in [0.717, 1.165) is 17.7 Å². The second kappa shape index (κ2) is 6.48. The Labute approximate surface area is 117 Å². The first-order chi connectivity index (χ1) is 9.19. The van der Waals surface area contributed by atoms with E-state index in [2.05, 4.69) is 22.4 Å². The van der Waals surface area contributed by atoms with Gasteiger partial charge in [-0.05, 0) is 12.0 Å². The van der Waals surface area contributed by atoms with Crippen molar-refractivity contribution in [2.75, 3.05) is 5.32 Å². The molecule has 0 aliphatic heterocycles. The van der Waals surface area contributed by atoms with Crippen molar-refractivity contribution < 1.29 is 4.79 Å². The molecule has 0 saturated carbocycles. The van der Waals surface area contributed by atoms with Crippen molar-refractivity contribution in [3.8, 4) is 0 Å². The smallest absolute Gasteiger partial charge is 0.228 e. The van der Waals surface area contributed by atoms with Gasteiger partial charge in [0.05, 0.1) is 0 Å². The van der Waals surface area contributed by atoms with Crippen LogP contribution in [-0.4, -0.2) is 10.9 Å². The Morgan fingerprint density at radius 3 is 2.79 bits per heavy atom. The first-order valence-corrected chi connectivity index (χ1v) is 7.30. The molecule has 3 nitrogen and oxygen atoms in total. The van der Waals surface area contributed by atoms with Crippen LogP contribution in [0.2, 0.25) is 0 Å². The highest BCUT2D eigenvalue weighted by molar-refractivity contribution is 7.15. The van der Waals surface area contributed by atoms with E-state index in [-0.39, 0.29) is 11.8 Å². The summed E-state index contributed by atoms with van der Waals surface area (Å²) >= 11 is 1.54. The highest BCUT2D eigenvalue weighted by Crippen LogP contribution is 2.21. The maximum absolute atomic E-state index is 11.8. The van der Waals surface area contributed by atoms with Gasteiger partial charge in [0.25, 0.3) is 0 Å². The number of nitrogens with zero attached hydrogens (tertiary/aromatic N) is 1. The molecule has 0 radical (unpaired) electrons. The lowest BCUT2D eigenvalue weighted by atomic mass is 10.1. The number of hydrogen-bond donors (Lipinski definition) is 1. The quantitative estimate of drug-likeness (QED) is 0.903. The van der Waals surface area contributed by atoms with Crippen LogP contribution >= 0.6 is 11.3 Å². The minimum atomic E-state index is 0.0291. The molecule has 2 aromatic rings. The molecule has 1 atom stereocenters. The van der Waals surface area contributed by atoms with Crippen molar-refractivity contribution in [1.29, 1.82) is 0 Å². The van der Waals surface area contributed by atoms with Crippen LogP contribution in [0, 0.1) is 5.92 Å². The standard InChI is InChI=1S/C15H18N2OS/c1-3-11(2)14(18)17-15-16-10-13(19-15)9-12-7-5-4-6-8-12/h4-8,10-11H,3,9H2,1-2H3,(H,16,17,18). The van der Waals surface area contributed by atoms with Crippen molar-refractivity contribution in [1.82, 2.24) is 4.98 Å². The monoisotopic (exact) mass is 274 g/mol. The second-order valence-electron chi connectivity index (χ2n) is 4.59. The normalized spacial score (nSPS) is 12.1. The first-order valence-electron chi connectivity index (χ1n) is 6.48. The fraction of sp³-hybridized carbons (Fsp3) is 0.333. The Hall–Kier alpha value is -1.68. The zero-order valence-corrected chi connectivity index (χ0v) is 12.0. The largest absolute Gasteiger partial charge is 0.302 e. The third kappa shape index (κ3) is 3.89. The van der Waals surface area contributed by atoms with E-state index in [4.69, 9.17) is 0 Å². The molecular weight excluding hydrogens is 256 g/mol. The van der Waals surface area contributed by atoms with Gasteiger partial charge in [0.15, 0.2) is 5.13 Å². The topological polar surface area (TPSA) is 42.0 Å². The van der Waals surface area contributed by atoms with E-state index in [1.807, 2.05) is 38.2 Å². The van der Waals surface area contributed by atoms with Crippen LogP contribution in [0.5, 0.6) is 0 Å². The Kier molecular flexibility index (Phi) is 4.68. The van der Waals surface area contributed by atoms with Gasteiger partial charge in [0.1, 0.15) is 0 Å².